The van der Waals surface area contributed by atoms with Crippen molar-refractivity contribution in [2.75, 3.05) is 13.1 Å². The quantitative estimate of drug-likeness (QED) is 0.764. The van der Waals surface area contributed by atoms with Gasteiger partial charge in [-0.3, -0.25) is 4.68 Å². The molecule has 1 aliphatic rings. The summed E-state index contributed by atoms with van der Waals surface area (Å²) in [5, 5.41) is 11.7. The highest BCUT2D eigenvalue weighted by molar-refractivity contribution is 5.22. The molecule has 1 aromatic carbocycles. The molecule has 0 spiro atoms. The van der Waals surface area contributed by atoms with Gasteiger partial charge in [0.2, 0.25) is 5.82 Å². The predicted octanol–water partition coefficient (Wildman–Crippen LogP) is 2.11. The van der Waals surface area contributed by atoms with Crippen LogP contribution in [0.2, 0.25) is 0 Å². The number of benzene rings is 1. The summed E-state index contributed by atoms with van der Waals surface area (Å²) in [7, 11) is 0. The molecule has 1 N–H and O–H groups in total. The van der Waals surface area contributed by atoms with E-state index in [0.29, 0.717) is 17.5 Å². The second kappa shape index (κ2) is 6.64. The summed E-state index contributed by atoms with van der Waals surface area (Å²) in [5.41, 5.74) is -0.446. The van der Waals surface area contributed by atoms with Crippen molar-refractivity contribution in [2.24, 2.45) is 0 Å². The Balaban J connectivity index is 1.54. The lowest BCUT2D eigenvalue weighted by molar-refractivity contribution is 0.172. The maximum absolute atomic E-state index is 13.2. The molecule has 0 unspecified atom stereocenters. The van der Waals surface area contributed by atoms with Gasteiger partial charge >= 0.3 is 0 Å². The highest BCUT2D eigenvalue weighted by Crippen LogP contribution is 2.33. The van der Waals surface area contributed by atoms with Gasteiger partial charge in [-0.05, 0) is 44.1 Å². The van der Waals surface area contributed by atoms with E-state index in [1.54, 1.807) is 18.3 Å². The standard InChI is InChI=1S/C17H18FN5O2/c18-13-3-1-4-14(11-13)24-12-15-21-16(25-22-15)17(5-8-19-9-6-17)23-10-2-7-20-23/h1-4,7,10-11,19H,5-6,8-9,12H2. The molecule has 130 valence electrons. The Morgan fingerprint density at radius 1 is 1.28 bits per heavy atom. The van der Waals surface area contributed by atoms with E-state index < -0.39 is 5.54 Å². The first-order valence-electron chi connectivity index (χ1n) is 8.19. The number of aromatic nitrogens is 4. The molecular weight excluding hydrogens is 325 g/mol. The van der Waals surface area contributed by atoms with Crippen LogP contribution in [0, 0.1) is 5.82 Å². The fourth-order valence-electron chi connectivity index (χ4n) is 3.11. The number of hydrogen-bond acceptors (Lipinski definition) is 6. The molecule has 7 nitrogen and oxygen atoms in total. The molecule has 1 fully saturated rings. The maximum atomic E-state index is 13.2. The summed E-state index contributed by atoms with van der Waals surface area (Å²) in [6, 6.07) is 7.84. The molecule has 0 amide bonds. The van der Waals surface area contributed by atoms with Crippen LogP contribution in [0.15, 0.2) is 47.2 Å². The smallest absolute Gasteiger partial charge is 0.254 e. The number of hydrogen-bond donors (Lipinski definition) is 1. The Labute approximate surface area is 143 Å². The summed E-state index contributed by atoms with van der Waals surface area (Å²) >= 11 is 0. The van der Waals surface area contributed by atoms with Crippen LogP contribution >= 0.6 is 0 Å². The lowest BCUT2D eigenvalue weighted by Gasteiger charge is -2.34. The molecular formula is C17H18FN5O2. The summed E-state index contributed by atoms with van der Waals surface area (Å²) in [4.78, 5) is 4.51. The number of piperidine rings is 1. The topological polar surface area (TPSA) is 78.0 Å². The lowest BCUT2D eigenvalue weighted by atomic mass is 9.88. The zero-order valence-electron chi connectivity index (χ0n) is 13.6. The van der Waals surface area contributed by atoms with Gasteiger partial charge in [0.05, 0.1) is 0 Å². The molecule has 2 aromatic heterocycles. The largest absolute Gasteiger partial charge is 0.485 e. The van der Waals surface area contributed by atoms with E-state index in [0.717, 1.165) is 25.9 Å². The second-order valence-corrected chi connectivity index (χ2v) is 5.99. The van der Waals surface area contributed by atoms with Gasteiger partial charge in [0.25, 0.3) is 5.89 Å². The van der Waals surface area contributed by atoms with Crippen molar-refractivity contribution < 1.29 is 13.7 Å². The van der Waals surface area contributed by atoms with Gasteiger partial charge in [-0.25, -0.2) is 4.39 Å². The number of ether oxygens (including phenoxy) is 1. The number of rotatable bonds is 5. The summed E-state index contributed by atoms with van der Waals surface area (Å²) in [6.07, 6.45) is 5.27. The maximum Gasteiger partial charge on any atom is 0.254 e. The molecule has 0 atom stereocenters. The highest BCUT2D eigenvalue weighted by Gasteiger charge is 2.41. The SMILES string of the molecule is Fc1cccc(OCc2noc(C3(n4cccn4)CCNCC3)n2)c1. The third-order valence-corrected chi connectivity index (χ3v) is 4.40. The van der Waals surface area contributed by atoms with Crippen molar-refractivity contribution in [1.29, 1.82) is 0 Å². The Kier molecular flexibility index (Phi) is 4.19. The summed E-state index contributed by atoms with van der Waals surface area (Å²) in [5.74, 6) is 1.02. The Morgan fingerprint density at radius 2 is 2.16 bits per heavy atom. The van der Waals surface area contributed by atoms with Crippen LogP contribution in [0.5, 0.6) is 5.75 Å². The van der Waals surface area contributed by atoms with Crippen molar-refractivity contribution in [2.45, 2.75) is 25.0 Å². The first-order chi connectivity index (χ1) is 12.3. The van der Waals surface area contributed by atoms with Gasteiger partial charge in [-0.2, -0.15) is 10.1 Å². The van der Waals surface area contributed by atoms with Crippen LogP contribution in [0.1, 0.15) is 24.6 Å². The molecule has 0 bridgehead atoms. The summed E-state index contributed by atoms with van der Waals surface area (Å²) in [6.45, 7) is 1.80. The van der Waals surface area contributed by atoms with E-state index in [2.05, 4.69) is 20.6 Å². The molecule has 1 aliphatic heterocycles. The van der Waals surface area contributed by atoms with Gasteiger partial charge in [0, 0.05) is 18.5 Å². The van der Waals surface area contributed by atoms with Gasteiger partial charge in [0.15, 0.2) is 6.61 Å². The van der Waals surface area contributed by atoms with Gasteiger partial charge < -0.3 is 14.6 Å². The zero-order valence-corrected chi connectivity index (χ0v) is 13.6. The minimum absolute atomic E-state index is 0.111. The Morgan fingerprint density at radius 3 is 2.92 bits per heavy atom. The average Bonchev–Trinajstić information content (AvgIpc) is 3.33. The third kappa shape index (κ3) is 3.12. The van der Waals surface area contributed by atoms with Gasteiger partial charge in [-0.1, -0.05) is 11.2 Å². The van der Waals surface area contributed by atoms with Crippen molar-refractivity contribution in [3.05, 3.63) is 60.3 Å². The minimum atomic E-state index is -0.446. The molecule has 8 heteroatoms. The number of nitrogens with one attached hydrogen (secondary N) is 1. The zero-order chi connectivity index (χ0) is 17.1. The Bertz CT molecular complexity index is 827. The first-order valence-corrected chi connectivity index (χ1v) is 8.19. The normalized spacial score (nSPS) is 16.7. The van der Waals surface area contributed by atoms with Crippen molar-refractivity contribution in [1.82, 2.24) is 25.2 Å². The van der Waals surface area contributed by atoms with E-state index in [9.17, 15) is 4.39 Å². The highest BCUT2D eigenvalue weighted by atomic mass is 19.1. The van der Waals surface area contributed by atoms with Crippen LogP contribution in [0.3, 0.4) is 0 Å². The number of nitrogens with zero attached hydrogens (tertiary/aromatic N) is 4. The molecule has 0 aliphatic carbocycles. The third-order valence-electron chi connectivity index (χ3n) is 4.40. The monoisotopic (exact) mass is 343 g/mol. The van der Waals surface area contributed by atoms with Crippen molar-refractivity contribution in [3.63, 3.8) is 0 Å². The minimum Gasteiger partial charge on any atom is -0.485 e. The Hall–Kier alpha value is -2.74. The first kappa shape index (κ1) is 15.8. The number of halogens is 1. The van der Waals surface area contributed by atoms with E-state index in [1.807, 2.05) is 16.9 Å². The van der Waals surface area contributed by atoms with Gasteiger partial charge in [0.1, 0.15) is 17.1 Å². The van der Waals surface area contributed by atoms with E-state index in [4.69, 9.17) is 9.26 Å². The molecule has 0 saturated carbocycles. The van der Waals surface area contributed by atoms with Crippen LogP contribution in [-0.4, -0.2) is 33.0 Å². The average molecular weight is 343 g/mol. The van der Waals surface area contributed by atoms with Crippen molar-refractivity contribution in [3.8, 4) is 5.75 Å². The predicted molar refractivity (Wildman–Crippen MR) is 86.4 cm³/mol. The van der Waals surface area contributed by atoms with E-state index >= 15 is 0 Å². The molecule has 4 rings (SSSR count). The molecule has 3 aromatic rings. The molecule has 0 radical (unpaired) electrons. The van der Waals surface area contributed by atoms with Crippen LogP contribution < -0.4 is 10.1 Å². The fourth-order valence-corrected chi connectivity index (χ4v) is 3.11. The van der Waals surface area contributed by atoms with Crippen LogP contribution in [0.4, 0.5) is 4.39 Å². The van der Waals surface area contributed by atoms with E-state index in [-0.39, 0.29) is 12.4 Å². The fraction of sp³-hybridized carbons (Fsp3) is 0.353. The molecule has 25 heavy (non-hydrogen) atoms. The van der Waals surface area contributed by atoms with Crippen LogP contribution in [0.25, 0.3) is 0 Å². The second-order valence-electron chi connectivity index (χ2n) is 5.99. The van der Waals surface area contributed by atoms with E-state index in [1.165, 1.54) is 12.1 Å². The summed E-state index contributed by atoms with van der Waals surface area (Å²) < 4.78 is 26.2. The van der Waals surface area contributed by atoms with Gasteiger partial charge in [-0.15, -0.1) is 0 Å². The lowest BCUT2D eigenvalue weighted by Crippen LogP contribution is -2.45. The molecule has 3 heterocycles. The van der Waals surface area contributed by atoms with Crippen molar-refractivity contribution >= 4 is 0 Å². The van der Waals surface area contributed by atoms with Crippen LogP contribution in [-0.2, 0) is 12.1 Å². The molecule has 1 saturated heterocycles.